The van der Waals surface area contributed by atoms with E-state index in [0.29, 0.717) is 5.69 Å². The van der Waals surface area contributed by atoms with Crippen molar-refractivity contribution in [2.24, 2.45) is 5.73 Å². The Morgan fingerprint density at radius 1 is 1.25 bits per heavy atom. The molecular weight excluding hydrogens is 200 g/mol. The fourth-order valence-electron chi connectivity index (χ4n) is 1.73. The van der Waals surface area contributed by atoms with Gasteiger partial charge in [-0.05, 0) is 23.1 Å². The third-order valence-electron chi connectivity index (χ3n) is 2.75. The summed E-state index contributed by atoms with van der Waals surface area (Å²) in [5, 5.41) is 1.02. The Balaban J connectivity index is 2.58. The number of aromatic nitrogens is 1. The number of amides is 1. The second-order valence-electron chi connectivity index (χ2n) is 5.10. The van der Waals surface area contributed by atoms with E-state index in [2.05, 4.69) is 37.9 Å². The van der Waals surface area contributed by atoms with Gasteiger partial charge in [-0.25, -0.2) is 0 Å². The molecule has 0 aliphatic rings. The lowest BCUT2D eigenvalue weighted by Gasteiger charge is -2.18. The van der Waals surface area contributed by atoms with E-state index in [4.69, 9.17) is 5.73 Å². The SMILES string of the molecule is CC(C)(C)c1ccc2cc(C(N)=O)[nH]c2c1. The Bertz CT molecular complexity index is 547. The molecule has 16 heavy (non-hydrogen) atoms. The van der Waals surface area contributed by atoms with Gasteiger partial charge in [0.25, 0.3) is 5.91 Å². The Hall–Kier alpha value is -1.77. The third kappa shape index (κ3) is 1.81. The highest BCUT2D eigenvalue weighted by molar-refractivity contribution is 5.97. The van der Waals surface area contributed by atoms with Crippen LogP contribution in [-0.2, 0) is 5.41 Å². The van der Waals surface area contributed by atoms with Crippen molar-refractivity contribution < 1.29 is 4.79 Å². The van der Waals surface area contributed by atoms with Crippen LogP contribution in [0.3, 0.4) is 0 Å². The summed E-state index contributed by atoms with van der Waals surface area (Å²) < 4.78 is 0. The van der Waals surface area contributed by atoms with Crippen LogP contribution in [0.15, 0.2) is 24.3 Å². The van der Waals surface area contributed by atoms with Crippen LogP contribution in [-0.4, -0.2) is 10.9 Å². The van der Waals surface area contributed by atoms with Crippen LogP contribution in [0.1, 0.15) is 36.8 Å². The number of benzene rings is 1. The van der Waals surface area contributed by atoms with E-state index in [1.54, 1.807) is 6.07 Å². The lowest BCUT2D eigenvalue weighted by Crippen LogP contribution is -2.11. The van der Waals surface area contributed by atoms with Crippen molar-refractivity contribution >= 4 is 16.8 Å². The molecule has 1 aromatic carbocycles. The second-order valence-corrected chi connectivity index (χ2v) is 5.10. The zero-order valence-corrected chi connectivity index (χ0v) is 9.79. The smallest absolute Gasteiger partial charge is 0.265 e. The van der Waals surface area contributed by atoms with Gasteiger partial charge in [-0.2, -0.15) is 0 Å². The minimum absolute atomic E-state index is 0.103. The number of carbonyl (C=O) groups excluding carboxylic acids is 1. The number of carbonyl (C=O) groups is 1. The summed E-state index contributed by atoms with van der Waals surface area (Å²) in [4.78, 5) is 14.1. The van der Waals surface area contributed by atoms with E-state index in [9.17, 15) is 4.79 Å². The molecule has 0 saturated heterocycles. The number of rotatable bonds is 1. The van der Waals surface area contributed by atoms with Crippen LogP contribution in [0.4, 0.5) is 0 Å². The van der Waals surface area contributed by atoms with Gasteiger partial charge in [-0.1, -0.05) is 32.9 Å². The van der Waals surface area contributed by atoms with Crippen LogP contribution >= 0.6 is 0 Å². The summed E-state index contributed by atoms with van der Waals surface area (Å²) in [7, 11) is 0. The third-order valence-corrected chi connectivity index (χ3v) is 2.75. The molecule has 2 rings (SSSR count). The van der Waals surface area contributed by atoms with Crippen LogP contribution in [0.25, 0.3) is 10.9 Å². The van der Waals surface area contributed by atoms with Crippen LogP contribution in [0, 0.1) is 0 Å². The summed E-state index contributed by atoms with van der Waals surface area (Å²) in [6.45, 7) is 6.48. The lowest BCUT2D eigenvalue weighted by atomic mass is 9.87. The molecule has 1 heterocycles. The second kappa shape index (κ2) is 3.37. The average molecular weight is 216 g/mol. The minimum atomic E-state index is -0.423. The molecule has 0 unspecified atom stereocenters. The number of hydrogen-bond donors (Lipinski definition) is 2. The topological polar surface area (TPSA) is 58.9 Å². The fraction of sp³-hybridized carbons (Fsp3) is 0.308. The molecule has 3 nitrogen and oxygen atoms in total. The van der Waals surface area contributed by atoms with Gasteiger partial charge in [-0.3, -0.25) is 4.79 Å². The first-order valence-corrected chi connectivity index (χ1v) is 5.31. The zero-order valence-electron chi connectivity index (χ0n) is 9.79. The first kappa shape index (κ1) is 10.7. The standard InChI is InChI=1S/C13H16N2O/c1-13(2,3)9-5-4-8-6-11(12(14)16)15-10(8)7-9/h4-7,15H,1-3H3,(H2,14,16). The molecule has 0 atom stereocenters. The van der Waals surface area contributed by atoms with Crippen LogP contribution in [0.5, 0.6) is 0 Å². The van der Waals surface area contributed by atoms with Crippen molar-refractivity contribution in [3.63, 3.8) is 0 Å². The van der Waals surface area contributed by atoms with Gasteiger partial charge in [0.2, 0.25) is 0 Å². The highest BCUT2D eigenvalue weighted by Gasteiger charge is 2.14. The maximum Gasteiger partial charge on any atom is 0.265 e. The molecule has 0 aliphatic carbocycles. The maximum absolute atomic E-state index is 11.0. The predicted molar refractivity (Wildman–Crippen MR) is 65.5 cm³/mol. The molecule has 3 N–H and O–H groups in total. The van der Waals surface area contributed by atoms with E-state index in [1.807, 2.05) is 6.07 Å². The maximum atomic E-state index is 11.0. The quantitative estimate of drug-likeness (QED) is 0.756. The van der Waals surface area contributed by atoms with Gasteiger partial charge in [0.15, 0.2) is 0 Å². The number of H-pyrrole nitrogens is 1. The van der Waals surface area contributed by atoms with Crippen LogP contribution < -0.4 is 5.73 Å². The average Bonchev–Trinajstić information content (AvgIpc) is 2.58. The molecule has 0 spiro atoms. The van der Waals surface area contributed by atoms with Gasteiger partial charge < -0.3 is 10.7 Å². The zero-order chi connectivity index (χ0) is 11.9. The molecule has 0 radical (unpaired) electrons. The Morgan fingerprint density at radius 2 is 1.94 bits per heavy atom. The molecule has 1 amide bonds. The lowest BCUT2D eigenvalue weighted by molar-refractivity contribution is 0.0996. The Labute approximate surface area is 94.6 Å². The molecule has 1 aromatic heterocycles. The van der Waals surface area contributed by atoms with Gasteiger partial charge in [0, 0.05) is 10.9 Å². The van der Waals surface area contributed by atoms with E-state index >= 15 is 0 Å². The minimum Gasteiger partial charge on any atom is -0.364 e. The summed E-state index contributed by atoms with van der Waals surface area (Å²) in [6, 6.07) is 7.95. The number of aromatic amines is 1. The molecule has 3 heteroatoms. The van der Waals surface area contributed by atoms with Gasteiger partial charge >= 0.3 is 0 Å². The first-order chi connectivity index (χ1) is 7.38. The molecule has 0 aliphatic heterocycles. The molecule has 0 bridgehead atoms. The van der Waals surface area contributed by atoms with E-state index in [0.717, 1.165) is 10.9 Å². The summed E-state index contributed by atoms with van der Waals surface area (Å²) >= 11 is 0. The van der Waals surface area contributed by atoms with Crippen molar-refractivity contribution in [3.8, 4) is 0 Å². The van der Waals surface area contributed by atoms with Crippen molar-refractivity contribution in [2.45, 2.75) is 26.2 Å². The van der Waals surface area contributed by atoms with E-state index in [-0.39, 0.29) is 5.41 Å². The van der Waals surface area contributed by atoms with Crippen molar-refractivity contribution in [3.05, 3.63) is 35.5 Å². The number of fused-ring (bicyclic) bond motifs is 1. The Morgan fingerprint density at radius 3 is 2.50 bits per heavy atom. The molecule has 0 fully saturated rings. The normalized spacial score (nSPS) is 11.9. The molecule has 0 saturated carbocycles. The molecule has 2 aromatic rings. The van der Waals surface area contributed by atoms with E-state index in [1.165, 1.54) is 5.56 Å². The van der Waals surface area contributed by atoms with Crippen molar-refractivity contribution in [2.75, 3.05) is 0 Å². The largest absolute Gasteiger partial charge is 0.364 e. The first-order valence-electron chi connectivity index (χ1n) is 5.31. The monoisotopic (exact) mass is 216 g/mol. The summed E-state index contributed by atoms with van der Waals surface area (Å²) in [5.41, 5.74) is 7.99. The number of primary amides is 1. The fourth-order valence-corrected chi connectivity index (χ4v) is 1.73. The number of hydrogen-bond acceptors (Lipinski definition) is 1. The van der Waals surface area contributed by atoms with Gasteiger partial charge in [0.05, 0.1) is 0 Å². The predicted octanol–water partition coefficient (Wildman–Crippen LogP) is 2.56. The molecule has 84 valence electrons. The highest BCUT2D eigenvalue weighted by Crippen LogP contribution is 2.26. The van der Waals surface area contributed by atoms with Gasteiger partial charge in [-0.15, -0.1) is 0 Å². The molecular formula is C13H16N2O. The summed E-state index contributed by atoms with van der Waals surface area (Å²) in [6.07, 6.45) is 0. The highest BCUT2D eigenvalue weighted by atomic mass is 16.1. The van der Waals surface area contributed by atoms with Gasteiger partial charge in [0.1, 0.15) is 5.69 Å². The van der Waals surface area contributed by atoms with Crippen molar-refractivity contribution in [1.82, 2.24) is 4.98 Å². The Kier molecular flexibility index (Phi) is 2.26. The summed E-state index contributed by atoms with van der Waals surface area (Å²) in [5.74, 6) is -0.423. The number of nitrogens with one attached hydrogen (secondary N) is 1. The number of nitrogens with two attached hydrogens (primary N) is 1. The van der Waals surface area contributed by atoms with Crippen LogP contribution in [0.2, 0.25) is 0 Å². The van der Waals surface area contributed by atoms with E-state index < -0.39 is 5.91 Å². The van der Waals surface area contributed by atoms with Crippen molar-refractivity contribution in [1.29, 1.82) is 0 Å².